The Kier molecular flexibility index (Phi) is 5.38. The molecule has 1 aliphatic heterocycles. The molecule has 130 valence electrons. The van der Waals surface area contributed by atoms with Crippen molar-refractivity contribution < 1.29 is 14.7 Å². The number of benzene rings is 2. The number of amides is 2. The summed E-state index contributed by atoms with van der Waals surface area (Å²) in [6.07, 6.45) is 1.42. The van der Waals surface area contributed by atoms with Gasteiger partial charge in [-0.15, -0.1) is 0 Å². The van der Waals surface area contributed by atoms with E-state index in [4.69, 9.17) is 0 Å². The summed E-state index contributed by atoms with van der Waals surface area (Å²) >= 11 is 3.41. The minimum atomic E-state index is -0.202. The maximum absolute atomic E-state index is 12.6. The van der Waals surface area contributed by atoms with Crippen LogP contribution in [0.1, 0.15) is 33.6 Å². The lowest BCUT2D eigenvalue weighted by molar-refractivity contribution is 0.0697. The predicted octanol–water partition coefficient (Wildman–Crippen LogP) is 3.19. The molecule has 1 heterocycles. The van der Waals surface area contributed by atoms with Gasteiger partial charge in [0, 0.05) is 29.2 Å². The zero-order valence-electron chi connectivity index (χ0n) is 13.6. The van der Waals surface area contributed by atoms with Gasteiger partial charge in [-0.1, -0.05) is 18.2 Å². The topological polar surface area (TPSA) is 69.6 Å². The van der Waals surface area contributed by atoms with Crippen LogP contribution in [0.3, 0.4) is 0 Å². The summed E-state index contributed by atoms with van der Waals surface area (Å²) in [5, 5.41) is 12.4. The minimum Gasteiger partial charge on any atom is -0.508 e. The molecular formula is C19H19BrN2O3. The summed E-state index contributed by atoms with van der Waals surface area (Å²) < 4.78 is 0.791. The zero-order chi connectivity index (χ0) is 17.8. The van der Waals surface area contributed by atoms with Gasteiger partial charge in [0.15, 0.2) is 0 Å². The molecule has 1 fully saturated rings. The maximum Gasteiger partial charge on any atom is 0.254 e. The Morgan fingerprint density at radius 3 is 2.48 bits per heavy atom. The Morgan fingerprint density at radius 1 is 1.08 bits per heavy atom. The fourth-order valence-electron chi connectivity index (χ4n) is 2.95. The molecule has 0 spiro atoms. The van der Waals surface area contributed by atoms with E-state index in [0.717, 1.165) is 4.47 Å². The van der Waals surface area contributed by atoms with E-state index in [2.05, 4.69) is 21.2 Å². The van der Waals surface area contributed by atoms with Gasteiger partial charge in [-0.2, -0.15) is 0 Å². The van der Waals surface area contributed by atoms with E-state index in [1.807, 2.05) is 29.2 Å². The average molecular weight is 403 g/mol. The first-order valence-corrected chi connectivity index (χ1v) is 8.97. The van der Waals surface area contributed by atoms with Gasteiger partial charge in [0.05, 0.1) is 5.56 Å². The van der Waals surface area contributed by atoms with Crippen LogP contribution in [0.25, 0.3) is 0 Å². The molecule has 2 N–H and O–H groups in total. The van der Waals surface area contributed by atoms with Crippen molar-refractivity contribution in [2.75, 3.05) is 13.1 Å². The second-order valence-electron chi connectivity index (χ2n) is 6.07. The molecule has 1 saturated heterocycles. The summed E-state index contributed by atoms with van der Waals surface area (Å²) in [4.78, 5) is 26.6. The number of nitrogens with zero attached hydrogens (tertiary/aromatic N) is 1. The molecule has 0 aliphatic carbocycles. The number of hydrogen-bond acceptors (Lipinski definition) is 3. The molecule has 0 unspecified atom stereocenters. The number of likely N-dealkylation sites (tertiary alicyclic amines) is 1. The van der Waals surface area contributed by atoms with Crippen molar-refractivity contribution in [3.05, 3.63) is 64.1 Å². The van der Waals surface area contributed by atoms with Crippen molar-refractivity contribution in [3.63, 3.8) is 0 Å². The van der Waals surface area contributed by atoms with Crippen LogP contribution in [-0.2, 0) is 0 Å². The van der Waals surface area contributed by atoms with E-state index < -0.39 is 0 Å². The molecule has 0 saturated carbocycles. The molecular weight excluding hydrogens is 384 g/mol. The average Bonchev–Trinajstić information content (AvgIpc) is 2.62. The number of halogens is 1. The fourth-order valence-corrected chi connectivity index (χ4v) is 3.40. The number of carbonyl (C=O) groups excluding carboxylic acids is 2. The van der Waals surface area contributed by atoms with Crippen LogP contribution in [0.15, 0.2) is 53.0 Å². The maximum atomic E-state index is 12.6. The molecule has 1 aliphatic rings. The van der Waals surface area contributed by atoms with Gasteiger partial charge in [-0.05, 0) is 59.1 Å². The van der Waals surface area contributed by atoms with E-state index in [0.29, 0.717) is 37.1 Å². The number of hydrogen-bond donors (Lipinski definition) is 2. The Morgan fingerprint density at radius 2 is 1.80 bits per heavy atom. The second kappa shape index (κ2) is 7.70. The lowest BCUT2D eigenvalue weighted by Crippen LogP contribution is -2.46. The molecule has 5 nitrogen and oxygen atoms in total. The quantitative estimate of drug-likeness (QED) is 0.827. The number of phenols is 1. The number of piperidine rings is 1. The van der Waals surface area contributed by atoms with E-state index in [-0.39, 0.29) is 23.6 Å². The number of nitrogens with one attached hydrogen (secondary N) is 1. The number of aromatic hydroxyl groups is 1. The van der Waals surface area contributed by atoms with Gasteiger partial charge in [0.2, 0.25) is 0 Å². The van der Waals surface area contributed by atoms with Crippen LogP contribution >= 0.6 is 15.9 Å². The smallest absolute Gasteiger partial charge is 0.254 e. The van der Waals surface area contributed by atoms with Gasteiger partial charge in [-0.3, -0.25) is 9.59 Å². The number of phenolic OH excluding ortho intramolecular Hbond substituents is 1. The van der Waals surface area contributed by atoms with Crippen LogP contribution in [0, 0.1) is 0 Å². The lowest BCUT2D eigenvalue weighted by atomic mass is 10.0. The summed E-state index contributed by atoms with van der Waals surface area (Å²) in [6, 6.07) is 13.7. The number of carbonyl (C=O) groups is 2. The van der Waals surface area contributed by atoms with Crippen molar-refractivity contribution in [2.45, 2.75) is 18.9 Å². The summed E-state index contributed by atoms with van der Waals surface area (Å²) in [5.41, 5.74) is 1.09. The highest BCUT2D eigenvalue weighted by Crippen LogP contribution is 2.21. The molecule has 0 atom stereocenters. The van der Waals surface area contributed by atoms with E-state index in [9.17, 15) is 14.7 Å². The summed E-state index contributed by atoms with van der Waals surface area (Å²) in [6.45, 7) is 1.20. The SMILES string of the molecule is O=C(NC1CCN(C(=O)c2ccccc2Br)CC1)c1cccc(O)c1. The van der Waals surface area contributed by atoms with Gasteiger partial charge < -0.3 is 15.3 Å². The first-order valence-electron chi connectivity index (χ1n) is 8.18. The summed E-state index contributed by atoms with van der Waals surface area (Å²) in [5.74, 6) is -0.127. The predicted molar refractivity (Wildman–Crippen MR) is 98.6 cm³/mol. The number of rotatable bonds is 3. The second-order valence-corrected chi connectivity index (χ2v) is 6.92. The van der Waals surface area contributed by atoms with Crippen LogP contribution < -0.4 is 5.32 Å². The molecule has 0 radical (unpaired) electrons. The Labute approximate surface area is 154 Å². The molecule has 2 amide bonds. The standard InChI is InChI=1S/C19H19BrN2O3/c20-17-7-2-1-6-16(17)19(25)22-10-8-14(9-11-22)21-18(24)13-4-3-5-15(23)12-13/h1-7,12,14,23H,8-11H2,(H,21,24). The normalized spacial score (nSPS) is 15.0. The Balaban J connectivity index is 1.56. The first-order chi connectivity index (χ1) is 12.0. The van der Waals surface area contributed by atoms with Crippen molar-refractivity contribution in [1.29, 1.82) is 0 Å². The van der Waals surface area contributed by atoms with Crippen molar-refractivity contribution >= 4 is 27.7 Å². The molecule has 2 aromatic carbocycles. The van der Waals surface area contributed by atoms with Gasteiger partial charge in [0.1, 0.15) is 5.75 Å². The monoisotopic (exact) mass is 402 g/mol. The third-order valence-electron chi connectivity index (χ3n) is 4.33. The highest BCUT2D eigenvalue weighted by molar-refractivity contribution is 9.10. The molecule has 25 heavy (non-hydrogen) atoms. The highest BCUT2D eigenvalue weighted by atomic mass is 79.9. The summed E-state index contributed by atoms with van der Waals surface area (Å²) in [7, 11) is 0. The Hall–Kier alpha value is -2.34. The van der Waals surface area contributed by atoms with Crippen molar-refractivity contribution in [2.24, 2.45) is 0 Å². The van der Waals surface area contributed by atoms with E-state index in [1.54, 1.807) is 12.1 Å². The molecule has 0 aromatic heterocycles. The third kappa shape index (κ3) is 4.20. The molecule has 3 rings (SSSR count). The van der Waals surface area contributed by atoms with Crippen molar-refractivity contribution in [3.8, 4) is 5.75 Å². The van der Waals surface area contributed by atoms with Gasteiger partial charge in [-0.25, -0.2) is 0 Å². The molecule has 6 heteroatoms. The zero-order valence-corrected chi connectivity index (χ0v) is 15.2. The van der Waals surface area contributed by atoms with E-state index >= 15 is 0 Å². The first kappa shape index (κ1) is 17.5. The lowest BCUT2D eigenvalue weighted by Gasteiger charge is -2.32. The minimum absolute atomic E-state index is 0.00485. The van der Waals surface area contributed by atoms with Gasteiger partial charge in [0.25, 0.3) is 11.8 Å². The van der Waals surface area contributed by atoms with Crippen LogP contribution in [0.2, 0.25) is 0 Å². The third-order valence-corrected chi connectivity index (χ3v) is 5.02. The molecule has 2 aromatic rings. The van der Waals surface area contributed by atoms with Gasteiger partial charge >= 0.3 is 0 Å². The van der Waals surface area contributed by atoms with Crippen LogP contribution in [-0.4, -0.2) is 41.0 Å². The highest BCUT2D eigenvalue weighted by Gasteiger charge is 2.25. The van der Waals surface area contributed by atoms with Crippen molar-refractivity contribution in [1.82, 2.24) is 10.2 Å². The van der Waals surface area contributed by atoms with E-state index in [1.165, 1.54) is 12.1 Å². The van der Waals surface area contributed by atoms with Crippen LogP contribution in [0.4, 0.5) is 0 Å². The fraction of sp³-hybridized carbons (Fsp3) is 0.263. The Bertz CT molecular complexity index is 786. The largest absolute Gasteiger partial charge is 0.508 e. The van der Waals surface area contributed by atoms with Crippen LogP contribution in [0.5, 0.6) is 5.75 Å². The molecule has 0 bridgehead atoms.